The third-order valence-electron chi connectivity index (χ3n) is 3.33. The van der Waals surface area contributed by atoms with Gasteiger partial charge in [-0.1, -0.05) is 38.1 Å². The highest BCUT2D eigenvalue weighted by Gasteiger charge is 2.13. The normalized spacial score (nSPS) is 11.0. The van der Waals surface area contributed by atoms with Crippen LogP contribution in [0.1, 0.15) is 35.7 Å². The Bertz CT molecular complexity index is 580. The molecular weight excluding hydrogens is 236 g/mol. The van der Waals surface area contributed by atoms with Crippen LogP contribution in [0.25, 0.3) is 11.3 Å². The SMILES string of the molecule is Cc1nc(C=O)c(-c2ccc(CC(C)C)cc2)n1C. The first-order chi connectivity index (χ1) is 9.02. The summed E-state index contributed by atoms with van der Waals surface area (Å²) in [5, 5.41) is 0. The molecule has 0 aliphatic heterocycles. The maximum Gasteiger partial charge on any atom is 0.170 e. The van der Waals surface area contributed by atoms with E-state index in [1.165, 1.54) is 5.56 Å². The van der Waals surface area contributed by atoms with E-state index in [1.807, 2.05) is 18.5 Å². The molecule has 0 amide bonds. The van der Waals surface area contributed by atoms with E-state index in [9.17, 15) is 4.79 Å². The molecule has 2 aromatic rings. The van der Waals surface area contributed by atoms with E-state index in [2.05, 4.69) is 43.1 Å². The summed E-state index contributed by atoms with van der Waals surface area (Å²) < 4.78 is 1.96. The summed E-state index contributed by atoms with van der Waals surface area (Å²) in [6, 6.07) is 8.40. The summed E-state index contributed by atoms with van der Waals surface area (Å²) in [5.74, 6) is 1.50. The topological polar surface area (TPSA) is 34.9 Å². The first-order valence-corrected chi connectivity index (χ1v) is 6.60. The van der Waals surface area contributed by atoms with Crippen LogP contribution >= 0.6 is 0 Å². The van der Waals surface area contributed by atoms with Crippen LogP contribution in [0.3, 0.4) is 0 Å². The van der Waals surface area contributed by atoms with Gasteiger partial charge in [0.2, 0.25) is 0 Å². The number of aryl methyl sites for hydroxylation is 1. The quantitative estimate of drug-likeness (QED) is 0.786. The molecule has 1 aromatic carbocycles. The molecule has 100 valence electrons. The van der Waals surface area contributed by atoms with Gasteiger partial charge < -0.3 is 4.57 Å². The summed E-state index contributed by atoms with van der Waals surface area (Å²) in [4.78, 5) is 15.4. The van der Waals surface area contributed by atoms with Gasteiger partial charge >= 0.3 is 0 Å². The number of aromatic nitrogens is 2. The Hall–Kier alpha value is -1.90. The second-order valence-corrected chi connectivity index (χ2v) is 5.36. The maximum absolute atomic E-state index is 11.1. The standard InChI is InChI=1S/C16H20N2O/c1-11(2)9-13-5-7-14(8-6-13)16-15(10-19)17-12(3)18(16)4/h5-8,10-11H,9H2,1-4H3. The lowest BCUT2D eigenvalue weighted by molar-refractivity contribution is 0.112. The molecule has 0 radical (unpaired) electrons. The van der Waals surface area contributed by atoms with E-state index in [0.717, 1.165) is 29.8 Å². The lowest BCUT2D eigenvalue weighted by atomic mass is 10.0. The summed E-state index contributed by atoms with van der Waals surface area (Å²) in [6.45, 7) is 6.33. The van der Waals surface area contributed by atoms with Crippen LogP contribution in [-0.2, 0) is 13.5 Å². The van der Waals surface area contributed by atoms with Crippen molar-refractivity contribution in [1.82, 2.24) is 9.55 Å². The van der Waals surface area contributed by atoms with Crippen molar-refractivity contribution in [3.8, 4) is 11.3 Å². The Balaban J connectivity index is 2.40. The number of hydrogen-bond acceptors (Lipinski definition) is 2. The molecule has 0 atom stereocenters. The molecule has 19 heavy (non-hydrogen) atoms. The van der Waals surface area contributed by atoms with Crippen molar-refractivity contribution in [2.45, 2.75) is 27.2 Å². The number of imidazole rings is 1. The molecule has 0 N–H and O–H groups in total. The molecule has 3 nitrogen and oxygen atoms in total. The smallest absolute Gasteiger partial charge is 0.170 e. The first-order valence-electron chi connectivity index (χ1n) is 6.60. The molecule has 1 heterocycles. The Morgan fingerprint density at radius 2 is 1.89 bits per heavy atom. The van der Waals surface area contributed by atoms with Gasteiger partial charge in [-0.3, -0.25) is 4.79 Å². The minimum atomic E-state index is 0.511. The van der Waals surface area contributed by atoms with Crippen molar-refractivity contribution in [1.29, 1.82) is 0 Å². The number of benzene rings is 1. The molecule has 0 unspecified atom stereocenters. The minimum absolute atomic E-state index is 0.511. The fourth-order valence-electron chi connectivity index (χ4n) is 2.33. The molecule has 0 saturated heterocycles. The highest BCUT2D eigenvalue weighted by atomic mass is 16.1. The van der Waals surface area contributed by atoms with Crippen LogP contribution in [0.4, 0.5) is 0 Å². The van der Waals surface area contributed by atoms with Crippen LogP contribution in [0.15, 0.2) is 24.3 Å². The average Bonchev–Trinajstić information content (AvgIpc) is 2.66. The monoisotopic (exact) mass is 256 g/mol. The summed E-state index contributed by atoms with van der Waals surface area (Å²) in [7, 11) is 1.94. The number of rotatable bonds is 4. The van der Waals surface area contributed by atoms with Crippen molar-refractivity contribution < 1.29 is 4.79 Å². The molecule has 0 saturated carbocycles. The highest BCUT2D eigenvalue weighted by molar-refractivity contribution is 5.84. The fraction of sp³-hybridized carbons (Fsp3) is 0.375. The molecule has 0 aliphatic carbocycles. The molecule has 0 spiro atoms. The predicted molar refractivity (Wildman–Crippen MR) is 77.3 cm³/mol. The van der Waals surface area contributed by atoms with Gasteiger partial charge in [0.05, 0.1) is 5.69 Å². The van der Waals surface area contributed by atoms with Crippen molar-refractivity contribution in [2.24, 2.45) is 13.0 Å². The average molecular weight is 256 g/mol. The zero-order chi connectivity index (χ0) is 14.0. The van der Waals surface area contributed by atoms with Crippen molar-refractivity contribution in [3.63, 3.8) is 0 Å². The predicted octanol–water partition coefficient (Wildman–Crippen LogP) is 3.41. The zero-order valence-electron chi connectivity index (χ0n) is 12.0. The number of nitrogens with zero attached hydrogens (tertiary/aromatic N) is 2. The van der Waals surface area contributed by atoms with Crippen LogP contribution in [0.2, 0.25) is 0 Å². The molecule has 0 bridgehead atoms. The molecule has 1 aromatic heterocycles. The molecule has 2 rings (SSSR count). The van der Waals surface area contributed by atoms with E-state index in [-0.39, 0.29) is 0 Å². The largest absolute Gasteiger partial charge is 0.331 e. The Morgan fingerprint density at radius 3 is 2.42 bits per heavy atom. The molecular formula is C16H20N2O. The summed E-state index contributed by atoms with van der Waals surface area (Å²) >= 11 is 0. The van der Waals surface area contributed by atoms with Gasteiger partial charge in [-0.05, 0) is 24.8 Å². The highest BCUT2D eigenvalue weighted by Crippen LogP contribution is 2.24. The van der Waals surface area contributed by atoms with Crippen LogP contribution in [0.5, 0.6) is 0 Å². The van der Waals surface area contributed by atoms with E-state index >= 15 is 0 Å². The van der Waals surface area contributed by atoms with Gasteiger partial charge in [0, 0.05) is 12.6 Å². The van der Waals surface area contributed by atoms with Gasteiger partial charge in [-0.25, -0.2) is 4.98 Å². The number of aldehydes is 1. The van der Waals surface area contributed by atoms with Crippen molar-refractivity contribution in [2.75, 3.05) is 0 Å². The summed E-state index contributed by atoms with van der Waals surface area (Å²) in [5.41, 5.74) is 3.77. The third kappa shape index (κ3) is 2.75. The lowest BCUT2D eigenvalue weighted by Crippen LogP contribution is -1.97. The fourth-order valence-corrected chi connectivity index (χ4v) is 2.33. The Kier molecular flexibility index (Phi) is 3.84. The Labute approximate surface area is 114 Å². The van der Waals surface area contributed by atoms with Crippen LogP contribution in [0, 0.1) is 12.8 Å². The van der Waals surface area contributed by atoms with Crippen molar-refractivity contribution >= 4 is 6.29 Å². The summed E-state index contributed by atoms with van der Waals surface area (Å²) in [6.07, 6.45) is 1.90. The molecule has 3 heteroatoms. The third-order valence-corrected chi connectivity index (χ3v) is 3.33. The van der Waals surface area contributed by atoms with Crippen LogP contribution < -0.4 is 0 Å². The van der Waals surface area contributed by atoms with Crippen molar-refractivity contribution in [3.05, 3.63) is 41.3 Å². The van der Waals surface area contributed by atoms with E-state index < -0.39 is 0 Å². The second-order valence-electron chi connectivity index (χ2n) is 5.36. The van der Waals surface area contributed by atoms with Gasteiger partial charge in [0.1, 0.15) is 11.5 Å². The van der Waals surface area contributed by atoms with E-state index in [0.29, 0.717) is 11.6 Å². The maximum atomic E-state index is 11.1. The van der Waals surface area contributed by atoms with E-state index in [1.54, 1.807) is 0 Å². The second kappa shape index (κ2) is 5.39. The Morgan fingerprint density at radius 1 is 1.26 bits per heavy atom. The minimum Gasteiger partial charge on any atom is -0.331 e. The van der Waals surface area contributed by atoms with Gasteiger partial charge in [0.15, 0.2) is 6.29 Å². The van der Waals surface area contributed by atoms with Gasteiger partial charge in [-0.2, -0.15) is 0 Å². The zero-order valence-corrected chi connectivity index (χ0v) is 12.0. The van der Waals surface area contributed by atoms with Gasteiger partial charge in [0.25, 0.3) is 0 Å². The molecule has 0 aliphatic rings. The molecule has 0 fully saturated rings. The first kappa shape index (κ1) is 13.5. The number of hydrogen-bond donors (Lipinski definition) is 0. The lowest BCUT2D eigenvalue weighted by Gasteiger charge is -2.08. The van der Waals surface area contributed by atoms with E-state index in [4.69, 9.17) is 0 Å². The number of carbonyl (C=O) groups excluding carboxylic acids is 1. The van der Waals surface area contributed by atoms with Gasteiger partial charge in [-0.15, -0.1) is 0 Å². The van der Waals surface area contributed by atoms with Crippen LogP contribution in [-0.4, -0.2) is 15.8 Å². The number of carbonyl (C=O) groups is 1.